The van der Waals surface area contributed by atoms with E-state index in [0.717, 1.165) is 16.6 Å². The van der Waals surface area contributed by atoms with E-state index in [2.05, 4.69) is 21.2 Å². The summed E-state index contributed by atoms with van der Waals surface area (Å²) < 4.78 is 5.94. The Hall–Kier alpha value is -3.04. The zero-order valence-electron chi connectivity index (χ0n) is 16.0. The first-order chi connectivity index (χ1) is 13.4. The van der Waals surface area contributed by atoms with Gasteiger partial charge in [0, 0.05) is 23.3 Å². The number of pyridine rings is 2. The topological polar surface area (TPSA) is 64.1 Å². The molecule has 142 valence electrons. The Bertz CT molecular complexity index is 1030. The van der Waals surface area contributed by atoms with Crippen molar-refractivity contribution in [3.05, 3.63) is 66.1 Å². The average Bonchev–Trinajstić information content (AvgIpc) is 2.71. The van der Waals surface area contributed by atoms with Crippen molar-refractivity contribution < 1.29 is 9.53 Å². The molecule has 2 heterocycles. The monoisotopic (exact) mass is 391 g/mol. The van der Waals surface area contributed by atoms with Crippen molar-refractivity contribution in [1.82, 2.24) is 15.3 Å². The van der Waals surface area contributed by atoms with Crippen molar-refractivity contribution in [2.75, 3.05) is 6.26 Å². The SMILES string of the molecule is C#Cc1cnc2ccc(OC(SC)C(=O)NC(C)(C)c3ccccn3)cc2c1. The maximum Gasteiger partial charge on any atom is 0.272 e. The molecule has 0 aliphatic carbocycles. The van der Waals surface area contributed by atoms with Crippen LogP contribution in [0.1, 0.15) is 25.1 Å². The number of terminal acetylenes is 1. The Labute approximate surface area is 168 Å². The van der Waals surface area contributed by atoms with Crippen LogP contribution in [0.25, 0.3) is 10.9 Å². The molecule has 2 aromatic heterocycles. The lowest BCUT2D eigenvalue weighted by Gasteiger charge is -2.28. The summed E-state index contributed by atoms with van der Waals surface area (Å²) in [4.78, 5) is 21.5. The third-order valence-corrected chi connectivity index (χ3v) is 4.97. The predicted molar refractivity (Wildman–Crippen MR) is 113 cm³/mol. The molecule has 0 fully saturated rings. The smallest absolute Gasteiger partial charge is 0.272 e. The lowest BCUT2D eigenvalue weighted by Crippen LogP contribution is -2.47. The second-order valence-corrected chi connectivity index (χ2v) is 7.64. The number of amides is 1. The molecule has 6 heteroatoms. The Kier molecular flexibility index (Phi) is 5.86. The van der Waals surface area contributed by atoms with Gasteiger partial charge in [-0.1, -0.05) is 12.0 Å². The van der Waals surface area contributed by atoms with Crippen LogP contribution in [0.2, 0.25) is 0 Å². The fraction of sp³-hybridized carbons (Fsp3) is 0.227. The van der Waals surface area contributed by atoms with Crippen molar-refractivity contribution in [3.63, 3.8) is 0 Å². The highest BCUT2D eigenvalue weighted by Crippen LogP contribution is 2.24. The number of thioether (sulfide) groups is 1. The minimum Gasteiger partial charge on any atom is -0.470 e. The highest BCUT2D eigenvalue weighted by molar-refractivity contribution is 7.99. The van der Waals surface area contributed by atoms with Crippen LogP contribution in [0.5, 0.6) is 5.75 Å². The van der Waals surface area contributed by atoms with E-state index in [1.807, 2.05) is 56.5 Å². The number of hydrogen-bond donors (Lipinski definition) is 1. The fourth-order valence-corrected chi connectivity index (χ4v) is 3.24. The Morgan fingerprint density at radius 2 is 2.07 bits per heavy atom. The molecule has 1 unspecified atom stereocenters. The Morgan fingerprint density at radius 1 is 1.25 bits per heavy atom. The van der Waals surface area contributed by atoms with E-state index in [1.54, 1.807) is 18.5 Å². The molecule has 1 N–H and O–H groups in total. The molecule has 0 radical (unpaired) electrons. The number of rotatable bonds is 6. The van der Waals surface area contributed by atoms with E-state index in [4.69, 9.17) is 11.2 Å². The molecular weight excluding hydrogens is 370 g/mol. The average molecular weight is 391 g/mol. The lowest BCUT2D eigenvalue weighted by atomic mass is 10.00. The molecule has 1 amide bonds. The standard InChI is InChI=1S/C22H21N3O2S/c1-5-15-12-16-13-17(9-10-18(16)24-14-15)27-21(28-4)20(26)25-22(2,3)19-8-6-7-11-23-19/h1,6-14,21H,2-4H3,(H,25,26). The van der Waals surface area contributed by atoms with Gasteiger partial charge in [-0.2, -0.15) is 0 Å². The number of hydrogen-bond acceptors (Lipinski definition) is 5. The highest BCUT2D eigenvalue weighted by atomic mass is 32.2. The fourth-order valence-electron chi connectivity index (χ4n) is 2.76. The van der Waals surface area contributed by atoms with E-state index in [0.29, 0.717) is 11.3 Å². The number of benzene rings is 1. The van der Waals surface area contributed by atoms with E-state index >= 15 is 0 Å². The maximum atomic E-state index is 12.8. The van der Waals surface area contributed by atoms with Gasteiger partial charge < -0.3 is 10.1 Å². The molecule has 0 saturated carbocycles. The van der Waals surface area contributed by atoms with E-state index in [9.17, 15) is 4.79 Å². The Balaban J connectivity index is 1.77. The van der Waals surface area contributed by atoms with Crippen LogP contribution in [-0.2, 0) is 10.3 Å². The van der Waals surface area contributed by atoms with Gasteiger partial charge in [-0.3, -0.25) is 14.8 Å². The molecule has 1 atom stereocenters. The van der Waals surface area contributed by atoms with Gasteiger partial charge in [-0.15, -0.1) is 18.2 Å². The van der Waals surface area contributed by atoms with Crippen LogP contribution in [0.15, 0.2) is 54.9 Å². The van der Waals surface area contributed by atoms with Crippen molar-refractivity contribution in [2.45, 2.75) is 24.8 Å². The largest absolute Gasteiger partial charge is 0.470 e. The summed E-state index contributed by atoms with van der Waals surface area (Å²) in [6, 6.07) is 13.0. The van der Waals surface area contributed by atoms with Gasteiger partial charge in [0.1, 0.15) is 5.75 Å². The number of carbonyl (C=O) groups is 1. The van der Waals surface area contributed by atoms with Crippen molar-refractivity contribution in [2.24, 2.45) is 0 Å². The minimum absolute atomic E-state index is 0.223. The number of fused-ring (bicyclic) bond motifs is 1. The number of nitrogens with one attached hydrogen (secondary N) is 1. The molecule has 0 saturated heterocycles. The van der Waals surface area contributed by atoms with Crippen molar-refractivity contribution in [3.8, 4) is 18.1 Å². The zero-order chi connectivity index (χ0) is 20.1. The van der Waals surface area contributed by atoms with Gasteiger partial charge in [0.15, 0.2) is 0 Å². The van der Waals surface area contributed by atoms with Gasteiger partial charge in [-0.25, -0.2) is 0 Å². The van der Waals surface area contributed by atoms with Gasteiger partial charge in [-0.05, 0) is 56.5 Å². The summed E-state index contributed by atoms with van der Waals surface area (Å²) >= 11 is 1.32. The first-order valence-corrected chi connectivity index (χ1v) is 10.0. The normalized spacial score (nSPS) is 12.2. The molecule has 0 spiro atoms. The summed E-state index contributed by atoms with van der Waals surface area (Å²) in [5.74, 6) is 2.93. The molecular formula is C22H21N3O2S. The summed E-state index contributed by atoms with van der Waals surface area (Å²) in [6.45, 7) is 3.82. The number of aromatic nitrogens is 2. The van der Waals surface area contributed by atoms with E-state index < -0.39 is 11.0 Å². The molecule has 3 aromatic rings. The highest BCUT2D eigenvalue weighted by Gasteiger charge is 2.29. The van der Waals surface area contributed by atoms with Gasteiger partial charge in [0.05, 0.1) is 16.7 Å². The van der Waals surface area contributed by atoms with Gasteiger partial charge >= 0.3 is 0 Å². The molecule has 0 bridgehead atoms. The first-order valence-electron chi connectivity index (χ1n) is 8.72. The van der Waals surface area contributed by atoms with Crippen LogP contribution in [0.3, 0.4) is 0 Å². The minimum atomic E-state index is -0.704. The summed E-state index contributed by atoms with van der Waals surface area (Å²) in [6.07, 6.45) is 10.6. The van der Waals surface area contributed by atoms with Gasteiger partial charge in [0.2, 0.25) is 5.44 Å². The Morgan fingerprint density at radius 3 is 2.75 bits per heavy atom. The summed E-state index contributed by atoms with van der Waals surface area (Å²) in [7, 11) is 0. The predicted octanol–water partition coefficient (Wildman–Crippen LogP) is 3.73. The van der Waals surface area contributed by atoms with Crippen molar-refractivity contribution >= 4 is 28.6 Å². The third kappa shape index (κ3) is 4.44. The van der Waals surface area contributed by atoms with Crippen LogP contribution in [-0.4, -0.2) is 27.6 Å². The number of ether oxygens (including phenoxy) is 1. The maximum absolute atomic E-state index is 12.8. The number of nitrogens with zero attached hydrogens (tertiary/aromatic N) is 2. The second-order valence-electron chi connectivity index (χ2n) is 6.74. The second kappa shape index (κ2) is 8.32. The van der Waals surface area contributed by atoms with Crippen LogP contribution >= 0.6 is 11.8 Å². The third-order valence-electron chi connectivity index (χ3n) is 4.23. The molecule has 1 aromatic carbocycles. The van der Waals surface area contributed by atoms with Crippen LogP contribution < -0.4 is 10.1 Å². The zero-order valence-corrected chi connectivity index (χ0v) is 16.8. The van der Waals surface area contributed by atoms with Crippen LogP contribution in [0.4, 0.5) is 0 Å². The first kappa shape index (κ1) is 19.7. The van der Waals surface area contributed by atoms with Gasteiger partial charge in [0.25, 0.3) is 5.91 Å². The molecule has 0 aliphatic heterocycles. The molecule has 0 aliphatic rings. The summed E-state index contributed by atoms with van der Waals surface area (Å²) in [5.41, 5.74) is 0.963. The summed E-state index contributed by atoms with van der Waals surface area (Å²) in [5, 5.41) is 3.88. The molecule has 28 heavy (non-hydrogen) atoms. The quantitative estimate of drug-likeness (QED) is 0.512. The van der Waals surface area contributed by atoms with E-state index in [1.165, 1.54) is 11.8 Å². The number of carbonyl (C=O) groups excluding carboxylic acids is 1. The van der Waals surface area contributed by atoms with Crippen LogP contribution in [0, 0.1) is 12.3 Å². The van der Waals surface area contributed by atoms with Crippen molar-refractivity contribution in [1.29, 1.82) is 0 Å². The van der Waals surface area contributed by atoms with E-state index in [-0.39, 0.29) is 5.91 Å². The lowest BCUT2D eigenvalue weighted by molar-refractivity contribution is -0.126. The molecule has 5 nitrogen and oxygen atoms in total. The molecule has 3 rings (SSSR count).